The molecular formula is C17H13F4N3O. The van der Waals surface area contributed by atoms with E-state index in [1.54, 1.807) is 12.1 Å². The molecular weight excluding hydrogens is 338 g/mol. The molecule has 1 saturated heterocycles. The molecule has 2 heterocycles. The van der Waals surface area contributed by atoms with Crippen LogP contribution in [0.1, 0.15) is 16.8 Å². The average molecular weight is 351 g/mol. The largest absolute Gasteiger partial charge is 0.488 e. The number of rotatable bonds is 4. The van der Waals surface area contributed by atoms with E-state index < -0.39 is 17.7 Å². The second-order valence-corrected chi connectivity index (χ2v) is 5.73. The molecule has 1 aromatic heterocycles. The highest BCUT2D eigenvalue weighted by Gasteiger charge is 2.34. The maximum absolute atomic E-state index is 13.8. The monoisotopic (exact) mass is 351 g/mol. The lowest BCUT2D eigenvalue weighted by Crippen LogP contribution is -2.53. The molecule has 1 aliphatic heterocycles. The van der Waals surface area contributed by atoms with Crippen molar-refractivity contribution >= 4 is 0 Å². The van der Waals surface area contributed by atoms with Gasteiger partial charge in [-0.1, -0.05) is 6.07 Å². The van der Waals surface area contributed by atoms with E-state index >= 15 is 0 Å². The summed E-state index contributed by atoms with van der Waals surface area (Å²) >= 11 is 0. The van der Waals surface area contributed by atoms with Crippen molar-refractivity contribution in [2.75, 3.05) is 13.1 Å². The third kappa shape index (κ3) is 4.06. The number of alkyl halides is 3. The molecule has 0 aliphatic carbocycles. The van der Waals surface area contributed by atoms with E-state index in [9.17, 15) is 17.6 Å². The van der Waals surface area contributed by atoms with Gasteiger partial charge in [-0.2, -0.15) is 18.4 Å². The zero-order chi connectivity index (χ0) is 18.0. The van der Waals surface area contributed by atoms with E-state index in [2.05, 4.69) is 4.98 Å². The smallest absolute Gasteiger partial charge is 0.433 e. The fourth-order valence-electron chi connectivity index (χ4n) is 2.54. The van der Waals surface area contributed by atoms with E-state index in [1.807, 2.05) is 11.0 Å². The van der Waals surface area contributed by atoms with Gasteiger partial charge in [-0.3, -0.25) is 9.88 Å². The lowest BCUT2D eigenvalue weighted by Gasteiger charge is -2.39. The summed E-state index contributed by atoms with van der Waals surface area (Å²) in [6.07, 6.45) is -3.72. The Morgan fingerprint density at radius 2 is 2.00 bits per heavy atom. The lowest BCUT2D eigenvalue weighted by molar-refractivity contribution is -0.141. The third-order valence-corrected chi connectivity index (χ3v) is 3.82. The summed E-state index contributed by atoms with van der Waals surface area (Å²) in [7, 11) is 0. The third-order valence-electron chi connectivity index (χ3n) is 3.82. The molecule has 0 atom stereocenters. The van der Waals surface area contributed by atoms with Gasteiger partial charge in [-0.25, -0.2) is 4.39 Å². The molecule has 0 N–H and O–H groups in total. The number of pyridine rings is 1. The van der Waals surface area contributed by atoms with Crippen molar-refractivity contribution < 1.29 is 22.3 Å². The van der Waals surface area contributed by atoms with E-state index in [-0.39, 0.29) is 17.4 Å². The van der Waals surface area contributed by atoms with Crippen LogP contribution in [0.2, 0.25) is 0 Å². The standard InChI is InChI=1S/C17H13F4N3O/c18-15-5-11(7-22)1-2-12(15)8-24-9-14(10-24)25-13-3-4-23-16(6-13)17(19,20)21/h1-6,14H,8-10H2. The second kappa shape index (κ2) is 6.69. The maximum atomic E-state index is 13.8. The number of hydrogen-bond acceptors (Lipinski definition) is 4. The van der Waals surface area contributed by atoms with Crippen LogP contribution in [0, 0.1) is 17.1 Å². The number of benzene rings is 1. The minimum atomic E-state index is -4.52. The number of hydrogen-bond donors (Lipinski definition) is 0. The average Bonchev–Trinajstić information content (AvgIpc) is 2.53. The Morgan fingerprint density at radius 1 is 1.24 bits per heavy atom. The molecule has 0 amide bonds. The Kier molecular flexibility index (Phi) is 4.59. The molecule has 25 heavy (non-hydrogen) atoms. The van der Waals surface area contributed by atoms with Crippen molar-refractivity contribution in [1.82, 2.24) is 9.88 Å². The minimum Gasteiger partial charge on any atom is -0.488 e. The molecule has 2 aromatic rings. The normalized spacial score (nSPS) is 15.5. The molecule has 1 aromatic carbocycles. The Labute approximate surface area is 141 Å². The van der Waals surface area contributed by atoms with Crippen LogP contribution in [0.15, 0.2) is 36.5 Å². The predicted octanol–water partition coefficient (Wildman–Crippen LogP) is 3.37. The Morgan fingerprint density at radius 3 is 2.64 bits per heavy atom. The summed E-state index contributed by atoms with van der Waals surface area (Å²) in [6, 6.07) is 8.38. The summed E-state index contributed by atoms with van der Waals surface area (Å²) in [5, 5.41) is 8.72. The number of nitrogens with zero attached hydrogens (tertiary/aromatic N) is 3. The minimum absolute atomic E-state index is 0.108. The van der Waals surface area contributed by atoms with Crippen LogP contribution in [0.3, 0.4) is 0 Å². The van der Waals surface area contributed by atoms with Gasteiger partial charge in [-0.15, -0.1) is 0 Å². The summed E-state index contributed by atoms with van der Waals surface area (Å²) in [4.78, 5) is 5.18. The first-order valence-corrected chi connectivity index (χ1v) is 7.46. The quantitative estimate of drug-likeness (QED) is 0.793. The van der Waals surface area contributed by atoms with Crippen LogP contribution >= 0.6 is 0 Å². The Hall–Kier alpha value is -2.66. The van der Waals surface area contributed by atoms with Crippen molar-refractivity contribution in [1.29, 1.82) is 5.26 Å². The fourth-order valence-corrected chi connectivity index (χ4v) is 2.54. The van der Waals surface area contributed by atoms with Gasteiger partial charge in [0.2, 0.25) is 0 Å². The van der Waals surface area contributed by atoms with Gasteiger partial charge in [0.1, 0.15) is 23.4 Å². The van der Waals surface area contributed by atoms with Crippen LogP contribution in [0.5, 0.6) is 5.75 Å². The van der Waals surface area contributed by atoms with Crippen LogP contribution < -0.4 is 4.74 Å². The van der Waals surface area contributed by atoms with Crippen LogP contribution in [-0.2, 0) is 12.7 Å². The highest BCUT2D eigenvalue weighted by molar-refractivity contribution is 5.33. The number of nitriles is 1. The lowest BCUT2D eigenvalue weighted by atomic mass is 10.1. The van der Waals surface area contributed by atoms with Crippen LogP contribution in [0.25, 0.3) is 0 Å². The van der Waals surface area contributed by atoms with Crippen molar-refractivity contribution in [3.8, 4) is 11.8 Å². The molecule has 1 aliphatic rings. The Bertz CT molecular complexity index is 810. The predicted molar refractivity (Wildman–Crippen MR) is 80.0 cm³/mol. The SMILES string of the molecule is N#Cc1ccc(CN2CC(Oc3ccnc(C(F)(F)F)c3)C2)c(F)c1. The summed E-state index contributed by atoms with van der Waals surface area (Å²) in [6.45, 7) is 1.30. The van der Waals surface area contributed by atoms with Crippen molar-refractivity contribution in [3.63, 3.8) is 0 Å². The van der Waals surface area contributed by atoms with E-state index in [4.69, 9.17) is 10.00 Å². The zero-order valence-electron chi connectivity index (χ0n) is 12.9. The van der Waals surface area contributed by atoms with Gasteiger partial charge in [0.25, 0.3) is 0 Å². The summed E-state index contributed by atoms with van der Waals surface area (Å²) in [5.41, 5.74) is -0.286. The highest BCUT2D eigenvalue weighted by atomic mass is 19.4. The highest BCUT2D eigenvalue weighted by Crippen LogP contribution is 2.30. The summed E-state index contributed by atoms with van der Waals surface area (Å²) < 4.78 is 57.2. The number of likely N-dealkylation sites (tertiary alicyclic amines) is 1. The molecule has 0 spiro atoms. The zero-order valence-corrected chi connectivity index (χ0v) is 12.9. The number of aromatic nitrogens is 1. The molecule has 0 radical (unpaired) electrons. The van der Waals surface area contributed by atoms with E-state index in [0.29, 0.717) is 25.2 Å². The molecule has 1 fully saturated rings. The van der Waals surface area contributed by atoms with Gasteiger partial charge in [-0.05, 0) is 18.2 Å². The van der Waals surface area contributed by atoms with Crippen molar-refractivity contribution in [2.24, 2.45) is 0 Å². The van der Waals surface area contributed by atoms with Crippen molar-refractivity contribution in [2.45, 2.75) is 18.8 Å². The molecule has 3 rings (SSSR count). The van der Waals surface area contributed by atoms with Gasteiger partial charge in [0.15, 0.2) is 0 Å². The van der Waals surface area contributed by atoms with E-state index in [1.165, 1.54) is 12.1 Å². The van der Waals surface area contributed by atoms with E-state index in [0.717, 1.165) is 12.3 Å². The Balaban J connectivity index is 1.54. The first-order chi connectivity index (χ1) is 11.8. The van der Waals surface area contributed by atoms with Crippen LogP contribution in [-0.4, -0.2) is 29.1 Å². The van der Waals surface area contributed by atoms with Crippen molar-refractivity contribution in [3.05, 3.63) is 59.2 Å². The van der Waals surface area contributed by atoms with Gasteiger partial charge < -0.3 is 4.74 Å². The van der Waals surface area contributed by atoms with Gasteiger partial charge in [0.05, 0.1) is 11.6 Å². The van der Waals surface area contributed by atoms with Gasteiger partial charge >= 0.3 is 6.18 Å². The fraction of sp³-hybridized carbons (Fsp3) is 0.294. The topological polar surface area (TPSA) is 49.2 Å². The molecule has 0 bridgehead atoms. The molecule has 0 saturated carbocycles. The summed E-state index contributed by atoms with van der Waals surface area (Å²) in [5.74, 6) is -0.344. The number of ether oxygens (including phenoxy) is 1. The van der Waals surface area contributed by atoms with Gasteiger partial charge in [0, 0.05) is 37.5 Å². The first-order valence-electron chi connectivity index (χ1n) is 7.46. The second-order valence-electron chi connectivity index (χ2n) is 5.73. The molecule has 4 nitrogen and oxygen atoms in total. The first kappa shape index (κ1) is 17.2. The maximum Gasteiger partial charge on any atom is 0.433 e. The van der Waals surface area contributed by atoms with Crippen LogP contribution in [0.4, 0.5) is 17.6 Å². The molecule has 0 unspecified atom stereocenters. The molecule has 130 valence electrons. The molecule has 8 heteroatoms. The number of halogens is 4.